The molecular formula is C57H51BN2O. The summed E-state index contributed by atoms with van der Waals surface area (Å²) in [5.41, 5.74) is 23.6. The topological polar surface area (TPSA) is 21.3 Å². The number of anilines is 2. The first-order valence-corrected chi connectivity index (χ1v) is 22.4. The zero-order valence-corrected chi connectivity index (χ0v) is 36.8. The van der Waals surface area contributed by atoms with E-state index in [2.05, 4.69) is 193 Å². The van der Waals surface area contributed by atoms with Gasteiger partial charge in [-0.2, -0.15) is 0 Å². The van der Waals surface area contributed by atoms with Crippen LogP contribution in [0.1, 0.15) is 103 Å². The summed E-state index contributed by atoms with van der Waals surface area (Å²) in [7, 11) is 0. The van der Waals surface area contributed by atoms with Crippen LogP contribution in [-0.4, -0.2) is 11.4 Å². The van der Waals surface area contributed by atoms with Crippen molar-refractivity contribution in [2.45, 2.75) is 96.8 Å². The number of furan rings is 1. The molecular weight excluding hydrogens is 739 g/mol. The Kier molecular flexibility index (Phi) is 6.60. The van der Waals surface area contributed by atoms with Gasteiger partial charge in [-0.1, -0.05) is 135 Å². The fourth-order valence-electron chi connectivity index (χ4n) is 12.3. The van der Waals surface area contributed by atoms with Gasteiger partial charge in [-0.05, 0) is 133 Å². The van der Waals surface area contributed by atoms with E-state index in [1.54, 1.807) is 0 Å². The van der Waals surface area contributed by atoms with Crippen molar-refractivity contribution < 1.29 is 4.42 Å². The first-order chi connectivity index (χ1) is 29.1. The lowest BCUT2D eigenvalue weighted by atomic mass is 9.43. The van der Waals surface area contributed by atoms with E-state index in [4.69, 9.17) is 4.42 Å². The van der Waals surface area contributed by atoms with Gasteiger partial charge in [-0.15, -0.1) is 0 Å². The Hall–Kier alpha value is -6.00. The molecule has 298 valence electrons. The molecule has 13 rings (SSSR count). The monoisotopic (exact) mass is 790 g/mol. The summed E-state index contributed by atoms with van der Waals surface area (Å²) in [4.78, 5) is 2.74. The molecule has 4 heteroatoms. The molecule has 3 nitrogen and oxygen atoms in total. The number of hydrogen-bond donors (Lipinski definition) is 0. The quantitative estimate of drug-likeness (QED) is 0.154. The minimum absolute atomic E-state index is 0.0510. The van der Waals surface area contributed by atoms with Crippen molar-refractivity contribution in [3.8, 4) is 27.9 Å². The largest absolute Gasteiger partial charge is 0.456 e. The molecule has 2 aliphatic carbocycles. The fourth-order valence-corrected chi connectivity index (χ4v) is 12.3. The van der Waals surface area contributed by atoms with Gasteiger partial charge in [-0.25, -0.2) is 0 Å². The first-order valence-electron chi connectivity index (χ1n) is 22.4. The van der Waals surface area contributed by atoms with Crippen molar-refractivity contribution >= 4 is 72.9 Å². The van der Waals surface area contributed by atoms with Gasteiger partial charge in [0, 0.05) is 49.6 Å². The predicted octanol–water partition coefficient (Wildman–Crippen LogP) is 13.9. The smallest absolute Gasteiger partial charge is 0.333 e. The summed E-state index contributed by atoms with van der Waals surface area (Å²) in [6.07, 6.45) is 2.35. The first kappa shape index (κ1) is 35.7. The van der Waals surface area contributed by atoms with Crippen LogP contribution in [0.15, 0.2) is 126 Å². The van der Waals surface area contributed by atoms with Gasteiger partial charge in [-0.3, -0.25) is 0 Å². The third kappa shape index (κ3) is 4.51. The summed E-state index contributed by atoms with van der Waals surface area (Å²) in [6.45, 7) is 21.6. The molecule has 0 saturated heterocycles. The molecule has 7 aromatic carbocycles. The van der Waals surface area contributed by atoms with Crippen molar-refractivity contribution in [2.75, 3.05) is 4.81 Å². The number of nitrogens with zero attached hydrogens (tertiary/aromatic N) is 2. The molecule has 0 N–H and O–H groups in total. The standard InChI is InChI=1S/C57H51BN2O/c1-54(2,3)32-18-20-33(21-19-32)60-48-31-45-44(55(4,5)24-25-56(45,6)7)26-39(48)36-22-23-37-40-29-51-41(35-15-11-13-17-50(35)61-51)28-47(40)59-49-30-43-38(27-46(49)58(60)52(36)53(37)59)34-14-10-12-16-42(34)57(43,8)9/h10-23,26-31H,24-25H2,1-9H3. The molecule has 4 heterocycles. The van der Waals surface area contributed by atoms with Crippen LogP contribution in [-0.2, 0) is 21.7 Å². The molecule has 0 bridgehead atoms. The van der Waals surface area contributed by atoms with Gasteiger partial charge in [0.25, 0.3) is 0 Å². The van der Waals surface area contributed by atoms with Gasteiger partial charge in [0.05, 0.1) is 11.0 Å². The molecule has 0 radical (unpaired) electrons. The highest BCUT2D eigenvalue weighted by atomic mass is 16.3. The van der Waals surface area contributed by atoms with Crippen LogP contribution in [0.2, 0.25) is 0 Å². The van der Waals surface area contributed by atoms with Crippen LogP contribution < -0.4 is 15.7 Å². The molecule has 61 heavy (non-hydrogen) atoms. The van der Waals surface area contributed by atoms with Crippen molar-refractivity contribution in [3.05, 3.63) is 149 Å². The van der Waals surface area contributed by atoms with E-state index in [9.17, 15) is 0 Å². The van der Waals surface area contributed by atoms with Crippen LogP contribution in [0.3, 0.4) is 0 Å². The normalized spacial score (nSPS) is 17.5. The van der Waals surface area contributed by atoms with E-state index in [0.29, 0.717) is 0 Å². The van der Waals surface area contributed by atoms with E-state index in [0.717, 1.165) is 21.9 Å². The molecule has 0 unspecified atom stereocenters. The molecule has 2 aliphatic heterocycles. The minimum Gasteiger partial charge on any atom is -0.456 e. The Balaban J connectivity index is 1.21. The Morgan fingerprint density at radius 2 is 1.25 bits per heavy atom. The van der Waals surface area contributed by atoms with Crippen LogP contribution >= 0.6 is 0 Å². The highest BCUT2D eigenvalue weighted by Crippen LogP contribution is 2.54. The summed E-state index contributed by atoms with van der Waals surface area (Å²) in [6, 6.07) is 47.2. The lowest BCUT2D eigenvalue weighted by molar-refractivity contribution is 0.332. The van der Waals surface area contributed by atoms with Crippen LogP contribution in [0.25, 0.3) is 71.7 Å². The van der Waals surface area contributed by atoms with E-state index < -0.39 is 0 Å². The molecule has 2 aromatic heterocycles. The Morgan fingerprint density at radius 1 is 0.541 bits per heavy atom. The van der Waals surface area contributed by atoms with Crippen LogP contribution in [0, 0.1) is 0 Å². The number of rotatable bonds is 1. The number of fused-ring (bicyclic) bond motifs is 15. The van der Waals surface area contributed by atoms with Crippen molar-refractivity contribution in [3.63, 3.8) is 0 Å². The highest BCUT2D eigenvalue weighted by molar-refractivity contribution is 6.93. The second kappa shape index (κ2) is 11.3. The lowest BCUT2D eigenvalue weighted by Gasteiger charge is -2.46. The van der Waals surface area contributed by atoms with Crippen molar-refractivity contribution in [2.24, 2.45) is 0 Å². The maximum Gasteiger partial charge on any atom is 0.333 e. The summed E-state index contributed by atoms with van der Waals surface area (Å²) in [5, 5.41) is 4.84. The Labute approximate surface area is 359 Å². The molecule has 0 saturated carbocycles. The van der Waals surface area contributed by atoms with Crippen molar-refractivity contribution in [1.29, 1.82) is 0 Å². The van der Waals surface area contributed by atoms with E-state index in [1.165, 1.54) is 113 Å². The minimum atomic E-state index is -0.141. The second-order valence-corrected chi connectivity index (χ2v) is 21.6. The molecule has 0 fully saturated rings. The van der Waals surface area contributed by atoms with E-state index in [1.807, 2.05) is 0 Å². The average Bonchev–Trinajstić information content (AvgIpc) is 3.84. The van der Waals surface area contributed by atoms with Gasteiger partial charge in [0.2, 0.25) is 0 Å². The Bertz CT molecular complexity index is 3440. The van der Waals surface area contributed by atoms with Crippen molar-refractivity contribution in [1.82, 2.24) is 4.57 Å². The maximum atomic E-state index is 6.59. The summed E-state index contributed by atoms with van der Waals surface area (Å²) in [5.74, 6) is 0. The summed E-state index contributed by atoms with van der Waals surface area (Å²) < 4.78 is 9.24. The van der Waals surface area contributed by atoms with Crippen LogP contribution in [0.4, 0.5) is 11.4 Å². The van der Waals surface area contributed by atoms with Gasteiger partial charge < -0.3 is 13.8 Å². The number of para-hydroxylation sites is 1. The number of hydrogen-bond acceptors (Lipinski definition) is 2. The third-order valence-electron chi connectivity index (χ3n) is 15.8. The fraction of sp³-hybridized carbons (Fsp3) is 0.263. The number of benzene rings is 7. The molecule has 0 spiro atoms. The van der Waals surface area contributed by atoms with Crippen LogP contribution in [0.5, 0.6) is 0 Å². The second-order valence-electron chi connectivity index (χ2n) is 21.6. The SMILES string of the molecule is CC(C)(C)c1ccc(N2B3c4cc5c(cc4-n4c6cc7c(cc6c6ccc(c3c64)-c3cc4c(cc32)C(C)(C)CCC4(C)C)oc2ccccc27)C(C)(C)c2ccccc2-5)cc1. The predicted molar refractivity (Wildman–Crippen MR) is 259 cm³/mol. The van der Waals surface area contributed by atoms with E-state index in [-0.39, 0.29) is 28.5 Å². The van der Waals surface area contributed by atoms with Gasteiger partial charge in [0.15, 0.2) is 0 Å². The van der Waals surface area contributed by atoms with Gasteiger partial charge in [0.1, 0.15) is 11.2 Å². The zero-order chi connectivity index (χ0) is 41.7. The molecule has 0 atom stereocenters. The average molecular weight is 791 g/mol. The third-order valence-corrected chi connectivity index (χ3v) is 15.8. The van der Waals surface area contributed by atoms with E-state index >= 15 is 0 Å². The lowest BCUT2D eigenvalue weighted by Crippen LogP contribution is -2.60. The summed E-state index contributed by atoms with van der Waals surface area (Å²) >= 11 is 0. The Morgan fingerprint density at radius 3 is 2.02 bits per heavy atom. The van der Waals surface area contributed by atoms with Gasteiger partial charge >= 0.3 is 6.85 Å². The zero-order valence-electron chi connectivity index (χ0n) is 36.8. The highest BCUT2D eigenvalue weighted by Gasteiger charge is 2.48. The number of aromatic nitrogens is 1. The molecule has 4 aliphatic rings. The molecule has 9 aromatic rings. The maximum absolute atomic E-state index is 6.59. The molecule has 0 amide bonds.